The summed E-state index contributed by atoms with van der Waals surface area (Å²) in [6.07, 6.45) is 8.02. The van der Waals surface area contributed by atoms with E-state index in [1.54, 1.807) is 19.2 Å². The van der Waals surface area contributed by atoms with Crippen molar-refractivity contribution in [1.82, 2.24) is 14.6 Å². The van der Waals surface area contributed by atoms with Crippen molar-refractivity contribution in [2.45, 2.75) is 44.9 Å². The summed E-state index contributed by atoms with van der Waals surface area (Å²) in [7, 11) is 0. The molecule has 0 aliphatic heterocycles. The van der Waals surface area contributed by atoms with E-state index in [2.05, 4.69) is 10.1 Å². The predicted molar refractivity (Wildman–Crippen MR) is 74.8 cm³/mol. The first-order chi connectivity index (χ1) is 9.79. The van der Waals surface area contributed by atoms with Crippen LogP contribution in [0.3, 0.4) is 0 Å². The van der Waals surface area contributed by atoms with Gasteiger partial charge in [0.05, 0.1) is 6.61 Å². The number of fused-ring (bicyclic) bond motifs is 1. The number of ether oxygens (including phenoxy) is 1. The van der Waals surface area contributed by atoms with Crippen LogP contribution in [0.4, 0.5) is 0 Å². The maximum Gasteiger partial charge on any atom is 0.358 e. The highest BCUT2D eigenvalue weighted by Crippen LogP contribution is 2.32. The van der Waals surface area contributed by atoms with Crippen LogP contribution in [0.25, 0.3) is 5.65 Å². The molecule has 0 saturated heterocycles. The molecule has 3 rings (SSSR count). The van der Waals surface area contributed by atoms with Gasteiger partial charge in [0.1, 0.15) is 0 Å². The topological polar surface area (TPSA) is 56.5 Å². The van der Waals surface area contributed by atoms with Gasteiger partial charge in [0.2, 0.25) is 0 Å². The summed E-state index contributed by atoms with van der Waals surface area (Å²) in [6.45, 7) is 2.15. The van der Waals surface area contributed by atoms with Crippen LogP contribution in [-0.2, 0) is 4.74 Å². The number of nitrogens with zero attached hydrogens (tertiary/aromatic N) is 3. The van der Waals surface area contributed by atoms with E-state index >= 15 is 0 Å². The molecule has 0 spiro atoms. The molecule has 0 aromatic carbocycles. The summed E-state index contributed by atoms with van der Waals surface area (Å²) in [5, 5.41) is 4.39. The summed E-state index contributed by atoms with van der Waals surface area (Å²) in [6, 6.07) is 3.72. The molecule has 106 valence electrons. The number of carbonyl (C=O) groups is 1. The average Bonchev–Trinajstić information content (AvgIpc) is 2.92. The Morgan fingerprint density at radius 1 is 1.40 bits per heavy atom. The second-order valence-electron chi connectivity index (χ2n) is 5.22. The summed E-state index contributed by atoms with van der Waals surface area (Å²) in [5.74, 6) is 0.136. The first-order valence-corrected chi connectivity index (χ1v) is 7.31. The first kappa shape index (κ1) is 13.1. The highest BCUT2D eigenvalue weighted by molar-refractivity contribution is 5.88. The Labute approximate surface area is 118 Å². The van der Waals surface area contributed by atoms with Gasteiger partial charge >= 0.3 is 5.97 Å². The molecule has 1 aliphatic rings. The molecule has 1 saturated carbocycles. The quantitative estimate of drug-likeness (QED) is 0.807. The highest BCUT2D eigenvalue weighted by Gasteiger charge is 2.20. The van der Waals surface area contributed by atoms with Crippen molar-refractivity contribution in [2.24, 2.45) is 0 Å². The van der Waals surface area contributed by atoms with Crippen LogP contribution in [0, 0.1) is 0 Å². The third-order valence-corrected chi connectivity index (χ3v) is 3.90. The zero-order chi connectivity index (χ0) is 13.9. The fraction of sp³-hybridized carbons (Fsp3) is 0.533. The van der Waals surface area contributed by atoms with Crippen LogP contribution in [0.5, 0.6) is 0 Å². The summed E-state index contributed by atoms with van der Waals surface area (Å²) in [4.78, 5) is 16.1. The number of hydrogen-bond donors (Lipinski definition) is 0. The molecule has 20 heavy (non-hydrogen) atoms. The Hall–Kier alpha value is -1.91. The third-order valence-electron chi connectivity index (χ3n) is 3.90. The van der Waals surface area contributed by atoms with Crippen LogP contribution in [-0.4, -0.2) is 27.2 Å². The Morgan fingerprint density at radius 2 is 2.20 bits per heavy atom. The lowest BCUT2D eigenvalue weighted by Crippen LogP contribution is -2.11. The molecule has 1 fully saturated rings. The Bertz CT molecular complexity index is 615. The minimum Gasteiger partial charge on any atom is -0.461 e. The van der Waals surface area contributed by atoms with Gasteiger partial charge in [-0.05, 0) is 25.8 Å². The molecular weight excluding hydrogens is 254 g/mol. The van der Waals surface area contributed by atoms with Crippen LogP contribution in [0.1, 0.15) is 61.1 Å². The van der Waals surface area contributed by atoms with E-state index in [9.17, 15) is 4.79 Å². The molecule has 5 heteroatoms. The van der Waals surface area contributed by atoms with Crippen molar-refractivity contribution < 1.29 is 9.53 Å². The number of esters is 1. The SMILES string of the molecule is CCOC(=O)c1cc2nccc(C3CCCCC3)n2n1. The van der Waals surface area contributed by atoms with Gasteiger partial charge in [-0.1, -0.05) is 19.3 Å². The minimum absolute atomic E-state index is 0.336. The summed E-state index contributed by atoms with van der Waals surface area (Å²) >= 11 is 0. The Balaban J connectivity index is 1.98. The smallest absolute Gasteiger partial charge is 0.358 e. The zero-order valence-corrected chi connectivity index (χ0v) is 11.7. The van der Waals surface area contributed by atoms with Gasteiger partial charge in [-0.25, -0.2) is 14.3 Å². The van der Waals surface area contributed by atoms with Crippen LogP contribution in [0.2, 0.25) is 0 Å². The molecular formula is C15H19N3O2. The second-order valence-corrected chi connectivity index (χ2v) is 5.22. The van der Waals surface area contributed by atoms with E-state index in [-0.39, 0.29) is 5.97 Å². The minimum atomic E-state index is -0.382. The molecule has 0 unspecified atom stereocenters. The van der Waals surface area contributed by atoms with Crippen molar-refractivity contribution in [2.75, 3.05) is 6.61 Å². The predicted octanol–water partition coefficient (Wildman–Crippen LogP) is 2.95. The molecule has 5 nitrogen and oxygen atoms in total. The zero-order valence-electron chi connectivity index (χ0n) is 11.7. The molecule has 2 aromatic rings. The van der Waals surface area contributed by atoms with Crippen molar-refractivity contribution in [3.8, 4) is 0 Å². The lowest BCUT2D eigenvalue weighted by atomic mass is 9.87. The van der Waals surface area contributed by atoms with Gasteiger partial charge in [-0.2, -0.15) is 5.10 Å². The number of aromatic nitrogens is 3. The lowest BCUT2D eigenvalue weighted by Gasteiger charge is -2.22. The van der Waals surface area contributed by atoms with Crippen molar-refractivity contribution in [1.29, 1.82) is 0 Å². The van der Waals surface area contributed by atoms with Gasteiger partial charge in [-0.3, -0.25) is 0 Å². The van der Waals surface area contributed by atoms with Gasteiger partial charge in [-0.15, -0.1) is 0 Å². The van der Waals surface area contributed by atoms with Crippen molar-refractivity contribution >= 4 is 11.6 Å². The molecule has 0 radical (unpaired) electrons. The molecule has 0 N–H and O–H groups in total. The summed E-state index contributed by atoms with van der Waals surface area (Å²) in [5.41, 5.74) is 2.21. The van der Waals surface area contributed by atoms with Crippen LogP contribution >= 0.6 is 0 Å². The molecule has 0 bridgehead atoms. The lowest BCUT2D eigenvalue weighted by molar-refractivity contribution is 0.0519. The largest absolute Gasteiger partial charge is 0.461 e. The second kappa shape index (κ2) is 5.61. The van der Waals surface area contributed by atoms with E-state index in [0.29, 0.717) is 18.2 Å². The van der Waals surface area contributed by atoms with Gasteiger partial charge in [0.25, 0.3) is 0 Å². The maximum atomic E-state index is 11.8. The van der Waals surface area contributed by atoms with E-state index in [4.69, 9.17) is 4.74 Å². The number of rotatable bonds is 3. The molecule has 1 aliphatic carbocycles. The van der Waals surface area contributed by atoms with E-state index in [1.807, 2.05) is 10.6 Å². The molecule has 0 atom stereocenters. The number of hydrogen-bond acceptors (Lipinski definition) is 4. The van der Waals surface area contributed by atoms with E-state index in [0.717, 1.165) is 11.3 Å². The average molecular weight is 273 g/mol. The highest BCUT2D eigenvalue weighted by atomic mass is 16.5. The maximum absolute atomic E-state index is 11.8. The monoisotopic (exact) mass is 273 g/mol. The standard InChI is InChI=1S/C15H19N3O2/c1-2-20-15(19)12-10-14-16-9-8-13(18(14)17-12)11-6-4-3-5-7-11/h8-11H,2-7H2,1H3. The van der Waals surface area contributed by atoms with Crippen LogP contribution in [0.15, 0.2) is 18.3 Å². The molecule has 2 heterocycles. The van der Waals surface area contributed by atoms with E-state index in [1.165, 1.54) is 32.1 Å². The third kappa shape index (κ3) is 2.40. The van der Waals surface area contributed by atoms with E-state index < -0.39 is 0 Å². The first-order valence-electron chi connectivity index (χ1n) is 7.31. The summed E-state index contributed by atoms with van der Waals surface area (Å²) < 4.78 is 6.81. The molecule has 2 aromatic heterocycles. The fourth-order valence-electron chi connectivity index (χ4n) is 2.93. The van der Waals surface area contributed by atoms with Crippen molar-refractivity contribution in [3.05, 3.63) is 29.7 Å². The Kier molecular flexibility index (Phi) is 3.67. The van der Waals surface area contributed by atoms with Gasteiger partial charge in [0, 0.05) is 23.9 Å². The fourth-order valence-corrected chi connectivity index (χ4v) is 2.93. The normalized spacial score (nSPS) is 16.4. The van der Waals surface area contributed by atoms with Crippen LogP contribution < -0.4 is 0 Å². The van der Waals surface area contributed by atoms with Crippen molar-refractivity contribution in [3.63, 3.8) is 0 Å². The Morgan fingerprint density at radius 3 is 2.95 bits per heavy atom. The van der Waals surface area contributed by atoms with Gasteiger partial charge < -0.3 is 4.74 Å². The molecule has 0 amide bonds. The number of carbonyl (C=O) groups excluding carboxylic acids is 1. The van der Waals surface area contributed by atoms with Gasteiger partial charge in [0.15, 0.2) is 11.3 Å².